The largest absolute Gasteiger partial charge is 0.464 e. The molecule has 0 aliphatic rings. The van der Waals surface area contributed by atoms with Crippen LogP contribution in [0.25, 0.3) is 0 Å². The van der Waals surface area contributed by atoms with Crippen molar-refractivity contribution in [2.75, 3.05) is 6.61 Å². The van der Waals surface area contributed by atoms with Gasteiger partial charge in [-0.25, -0.2) is 0 Å². The molecule has 14 heavy (non-hydrogen) atoms. The minimum atomic E-state index is -1.15. The topological polar surface area (TPSA) is 60.4 Å². The van der Waals surface area contributed by atoms with Gasteiger partial charge in [0.05, 0.1) is 0 Å². The lowest BCUT2D eigenvalue weighted by atomic mass is 9.78. The molecule has 0 saturated heterocycles. The van der Waals surface area contributed by atoms with Gasteiger partial charge in [-0.2, -0.15) is 0 Å². The first-order valence-corrected chi connectivity index (χ1v) is 4.52. The number of ether oxygens (including phenoxy) is 1. The van der Waals surface area contributed by atoms with Crippen molar-refractivity contribution in [3.8, 4) is 0 Å². The van der Waals surface area contributed by atoms with Gasteiger partial charge in [-0.05, 0) is 20.3 Å². The Kier molecular flexibility index (Phi) is 4.47. The lowest BCUT2D eigenvalue weighted by molar-refractivity contribution is -0.151. The van der Waals surface area contributed by atoms with Crippen molar-refractivity contribution in [2.24, 2.45) is 5.41 Å². The first kappa shape index (κ1) is 12.8. The van der Waals surface area contributed by atoms with E-state index in [-0.39, 0.29) is 18.2 Å². The fraction of sp³-hybridized carbons (Fsp3) is 0.700. The maximum atomic E-state index is 11.3. The Morgan fingerprint density at radius 2 is 1.50 bits per heavy atom. The predicted molar refractivity (Wildman–Crippen MR) is 50.7 cm³/mol. The molecule has 0 N–H and O–H groups in total. The summed E-state index contributed by atoms with van der Waals surface area (Å²) >= 11 is 0. The zero-order valence-electron chi connectivity index (χ0n) is 9.05. The van der Waals surface area contributed by atoms with Crippen LogP contribution in [0.15, 0.2) is 0 Å². The van der Waals surface area contributed by atoms with E-state index in [4.69, 9.17) is 4.74 Å². The average molecular weight is 200 g/mol. The molecule has 0 rings (SSSR count). The summed E-state index contributed by atoms with van der Waals surface area (Å²) in [7, 11) is 0. The molecule has 4 nitrogen and oxygen atoms in total. The van der Waals surface area contributed by atoms with Gasteiger partial charge in [0.25, 0.3) is 0 Å². The number of Topliss-reactive ketones (excluding diaryl/α,β-unsaturated/α-hetero) is 2. The highest BCUT2D eigenvalue weighted by atomic mass is 16.5. The highest BCUT2D eigenvalue weighted by Gasteiger charge is 2.39. The molecule has 0 aliphatic carbocycles. The van der Waals surface area contributed by atoms with Gasteiger partial charge in [-0.3, -0.25) is 14.4 Å². The third-order valence-electron chi connectivity index (χ3n) is 2.47. The highest BCUT2D eigenvalue weighted by molar-refractivity contribution is 6.05. The minimum absolute atomic E-state index is 0.149. The SMILES string of the molecule is CCC(COC(C)=O)(C(C)=O)C(C)=O. The van der Waals surface area contributed by atoms with Gasteiger partial charge in [0, 0.05) is 6.92 Å². The van der Waals surface area contributed by atoms with Crippen molar-refractivity contribution < 1.29 is 19.1 Å². The molecular weight excluding hydrogens is 184 g/mol. The van der Waals surface area contributed by atoms with Crippen LogP contribution in [0.1, 0.15) is 34.1 Å². The molecule has 0 fully saturated rings. The average Bonchev–Trinajstić information content (AvgIpc) is 2.04. The lowest BCUT2D eigenvalue weighted by Crippen LogP contribution is -2.41. The van der Waals surface area contributed by atoms with Crippen molar-refractivity contribution in [3.63, 3.8) is 0 Å². The minimum Gasteiger partial charge on any atom is -0.464 e. The molecule has 0 aromatic rings. The summed E-state index contributed by atoms with van der Waals surface area (Å²) in [6.07, 6.45) is 0.352. The van der Waals surface area contributed by atoms with E-state index in [0.717, 1.165) is 0 Å². The normalized spacial score (nSPS) is 10.9. The standard InChI is InChI=1S/C10H16O4/c1-5-10(7(2)11,8(3)12)6-14-9(4)13/h5-6H2,1-4H3. The molecular formula is C10H16O4. The molecule has 80 valence electrons. The summed E-state index contributed by atoms with van der Waals surface area (Å²) in [5, 5.41) is 0. The Morgan fingerprint density at radius 1 is 1.07 bits per heavy atom. The molecule has 0 atom stereocenters. The third kappa shape index (κ3) is 2.65. The maximum absolute atomic E-state index is 11.3. The maximum Gasteiger partial charge on any atom is 0.302 e. The summed E-state index contributed by atoms with van der Waals surface area (Å²) in [4.78, 5) is 33.3. The predicted octanol–water partition coefficient (Wildman–Crippen LogP) is 1.12. The van der Waals surface area contributed by atoms with Crippen LogP contribution in [0.2, 0.25) is 0 Å². The zero-order chi connectivity index (χ0) is 11.4. The van der Waals surface area contributed by atoms with Crippen molar-refractivity contribution >= 4 is 17.5 Å². The smallest absolute Gasteiger partial charge is 0.302 e. The Morgan fingerprint density at radius 3 is 1.71 bits per heavy atom. The molecule has 0 aromatic heterocycles. The molecule has 4 heteroatoms. The van der Waals surface area contributed by atoms with Crippen LogP contribution < -0.4 is 0 Å². The highest BCUT2D eigenvalue weighted by Crippen LogP contribution is 2.25. The van der Waals surface area contributed by atoms with Crippen LogP contribution in [0.5, 0.6) is 0 Å². The van der Waals surface area contributed by atoms with E-state index in [2.05, 4.69) is 0 Å². The fourth-order valence-electron chi connectivity index (χ4n) is 1.28. The van der Waals surface area contributed by atoms with Gasteiger partial charge in [0.1, 0.15) is 23.6 Å². The Labute approximate surface area is 83.6 Å². The number of ketones is 2. The number of rotatable bonds is 5. The number of hydrogen-bond acceptors (Lipinski definition) is 4. The molecule has 0 unspecified atom stereocenters. The van der Waals surface area contributed by atoms with Gasteiger partial charge in [-0.15, -0.1) is 0 Å². The third-order valence-corrected chi connectivity index (χ3v) is 2.47. The first-order chi connectivity index (χ1) is 6.36. The quantitative estimate of drug-likeness (QED) is 0.493. The zero-order valence-corrected chi connectivity index (χ0v) is 9.05. The summed E-state index contributed by atoms with van der Waals surface area (Å²) in [5.41, 5.74) is -1.15. The molecule has 0 spiro atoms. The van der Waals surface area contributed by atoms with Gasteiger partial charge in [-0.1, -0.05) is 6.92 Å². The van der Waals surface area contributed by atoms with E-state index in [9.17, 15) is 14.4 Å². The summed E-state index contributed by atoms with van der Waals surface area (Å²) in [6.45, 7) is 5.51. The second-order valence-corrected chi connectivity index (χ2v) is 3.33. The van der Waals surface area contributed by atoms with Crippen molar-refractivity contribution in [1.82, 2.24) is 0 Å². The van der Waals surface area contributed by atoms with E-state index >= 15 is 0 Å². The van der Waals surface area contributed by atoms with Gasteiger partial charge >= 0.3 is 5.97 Å². The number of carbonyl (C=O) groups is 3. The van der Waals surface area contributed by atoms with Crippen molar-refractivity contribution in [1.29, 1.82) is 0 Å². The second-order valence-electron chi connectivity index (χ2n) is 3.33. The van der Waals surface area contributed by atoms with Crippen molar-refractivity contribution in [2.45, 2.75) is 34.1 Å². The van der Waals surface area contributed by atoms with Crippen LogP contribution in [0.3, 0.4) is 0 Å². The Bertz CT molecular complexity index is 241. The Hall–Kier alpha value is -1.19. The van der Waals surface area contributed by atoms with Gasteiger partial charge < -0.3 is 4.74 Å². The molecule has 0 radical (unpaired) electrons. The van der Waals surface area contributed by atoms with Crippen LogP contribution in [-0.2, 0) is 19.1 Å². The summed E-state index contributed by atoms with van der Waals surface area (Å²) < 4.78 is 4.74. The van der Waals surface area contributed by atoms with Gasteiger partial charge in [0.2, 0.25) is 0 Å². The molecule has 0 bridgehead atoms. The number of carbonyl (C=O) groups excluding carboxylic acids is 3. The van der Waals surface area contributed by atoms with Crippen LogP contribution >= 0.6 is 0 Å². The van der Waals surface area contributed by atoms with Crippen LogP contribution in [-0.4, -0.2) is 24.1 Å². The van der Waals surface area contributed by atoms with E-state index < -0.39 is 11.4 Å². The first-order valence-electron chi connectivity index (χ1n) is 4.52. The van der Waals surface area contributed by atoms with E-state index in [1.807, 2.05) is 0 Å². The second kappa shape index (κ2) is 4.88. The van der Waals surface area contributed by atoms with Crippen LogP contribution in [0.4, 0.5) is 0 Å². The molecule has 0 aromatic carbocycles. The number of esters is 1. The molecule has 0 amide bonds. The number of hydrogen-bond donors (Lipinski definition) is 0. The van der Waals surface area contributed by atoms with E-state index in [0.29, 0.717) is 6.42 Å². The monoisotopic (exact) mass is 200 g/mol. The summed E-state index contributed by atoms with van der Waals surface area (Å²) in [6, 6.07) is 0. The Balaban J connectivity index is 4.77. The molecule has 0 heterocycles. The molecule has 0 saturated carbocycles. The van der Waals surface area contributed by atoms with Crippen molar-refractivity contribution in [3.05, 3.63) is 0 Å². The van der Waals surface area contributed by atoms with E-state index in [1.54, 1.807) is 6.92 Å². The summed E-state index contributed by atoms with van der Waals surface area (Å²) in [5.74, 6) is -0.993. The van der Waals surface area contributed by atoms with Crippen LogP contribution in [0, 0.1) is 5.41 Å². The lowest BCUT2D eigenvalue weighted by Gasteiger charge is -2.25. The fourth-order valence-corrected chi connectivity index (χ4v) is 1.28. The van der Waals surface area contributed by atoms with Gasteiger partial charge in [0.15, 0.2) is 0 Å². The van der Waals surface area contributed by atoms with E-state index in [1.165, 1.54) is 20.8 Å². The molecule has 0 aliphatic heterocycles.